The number of nitrogens with zero attached hydrogens (tertiary/aromatic N) is 2. The van der Waals surface area contributed by atoms with E-state index in [0.29, 0.717) is 16.5 Å². The van der Waals surface area contributed by atoms with E-state index in [1.807, 2.05) is 30.5 Å². The number of para-hydroxylation sites is 1. The van der Waals surface area contributed by atoms with Gasteiger partial charge in [-0.25, -0.2) is 4.98 Å². The molecule has 2 aromatic heterocycles. The molecule has 0 radical (unpaired) electrons. The van der Waals surface area contributed by atoms with Crippen LogP contribution in [-0.4, -0.2) is 41.5 Å². The van der Waals surface area contributed by atoms with Crippen LogP contribution in [0.1, 0.15) is 10.5 Å². The van der Waals surface area contributed by atoms with Crippen LogP contribution in [-0.2, 0) is 4.79 Å². The van der Waals surface area contributed by atoms with E-state index in [1.165, 1.54) is 16.2 Å². The maximum atomic E-state index is 12.5. The van der Waals surface area contributed by atoms with Crippen molar-refractivity contribution in [3.05, 3.63) is 53.7 Å². The van der Waals surface area contributed by atoms with Gasteiger partial charge in [0.15, 0.2) is 10.8 Å². The number of carbonyl (C=O) groups excluding carboxylic acids is 2. The molecule has 0 aliphatic heterocycles. The first kappa shape index (κ1) is 18.2. The summed E-state index contributed by atoms with van der Waals surface area (Å²) in [6, 6.07) is 11.1. The lowest BCUT2D eigenvalue weighted by molar-refractivity contribution is -0.116. The molecule has 6 nitrogen and oxygen atoms in total. The van der Waals surface area contributed by atoms with Crippen molar-refractivity contribution in [2.45, 2.75) is 4.90 Å². The topological polar surface area (TPSA) is 75.4 Å². The number of likely N-dealkylation sites (N-methyl/N-ethyl adjacent to an activating group) is 1. The SMILES string of the molecule is CSc1ccccc1NC(=O)CN(C)C(=O)c1csc(-c2ccco2)n1. The first-order chi connectivity index (χ1) is 12.6. The zero-order valence-electron chi connectivity index (χ0n) is 14.3. The molecule has 0 aliphatic carbocycles. The highest BCUT2D eigenvalue weighted by molar-refractivity contribution is 7.98. The van der Waals surface area contributed by atoms with Gasteiger partial charge in [0.05, 0.1) is 18.5 Å². The third-order valence-corrected chi connectivity index (χ3v) is 5.22. The Balaban J connectivity index is 1.63. The zero-order chi connectivity index (χ0) is 18.5. The van der Waals surface area contributed by atoms with Gasteiger partial charge in [-0.15, -0.1) is 23.1 Å². The van der Waals surface area contributed by atoms with Crippen LogP contribution in [0.2, 0.25) is 0 Å². The number of thiazole rings is 1. The summed E-state index contributed by atoms with van der Waals surface area (Å²) in [4.78, 5) is 31.4. The second kappa shape index (κ2) is 8.20. The number of benzene rings is 1. The standard InChI is InChI=1S/C18H17N3O3S2/c1-21(10-16(22)19-12-6-3-4-8-15(12)25-2)18(23)13-11-26-17(20-13)14-7-5-9-24-14/h3-9,11H,10H2,1-2H3,(H,19,22). The fraction of sp³-hybridized carbons (Fsp3) is 0.167. The maximum Gasteiger partial charge on any atom is 0.273 e. The number of anilines is 1. The Morgan fingerprint density at radius 3 is 2.81 bits per heavy atom. The van der Waals surface area contributed by atoms with Crippen LogP contribution in [0, 0.1) is 0 Å². The summed E-state index contributed by atoms with van der Waals surface area (Å²) in [6.45, 7) is -0.0604. The number of aromatic nitrogens is 1. The normalized spacial score (nSPS) is 10.5. The second-order valence-corrected chi connectivity index (χ2v) is 7.13. The van der Waals surface area contributed by atoms with Crippen LogP contribution in [0.25, 0.3) is 10.8 Å². The monoisotopic (exact) mass is 387 g/mol. The molecular weight excluding hydrogens is 370 g/mol. The van der Waals surface area contributed by atoms with E-state index in [-0.39, 0.29) is 18.4 Å². The maximum absolute atomic E-state index is 12.5. The number of hydrogen-bond acceptors (Lipinski definition) is 6. The van der Waals surface area contributed by atoms with Gasteiger partial charge in [0.2, 0.25) is 5.91 Å². The van der Waals surface area contributed by atoms with E-state index in [4.69, 9.17) is 4.42 Å². The second-order valence-electron chi connectivity index (χ2n) is 5.42. The molecule has 0 atom stereocenters. The van der Waals surface area contributed by atoms with Gasteiger partial charge in [-0.2, -0.15) is 0 Å². The third-order valence-electron chi connectivity index (χ3n) is 3.56. The first-order valence-corrected chi connectivity index (χ1v) is 9.86. The Bertz CT molecular complexity index is 906. The molecule has 2 amide bonds. The molecule has 0 saturated heterocycles. The minimum atomic E-state index is -0.313. The molecule has 134 valence electrons. The van der Waals surface area contributed by atoms with E-state index >= 15 is 0 Å². The van der Waals surface area contributed by atoms with Crippen molar-refractivity contribution in [3.63, 3.8) is 0 Å². The molecule has 0 spiro atoms. The summed E-state index contributed by atoms with van der Waals surface area (Å²) in [5.74, 6) is 0.0410. The zero-order valence-corrected chi connectivity index (χ0v) is 15.9. The number of nitrogens with one attached hydrogen (secondary N) is 1. The van der Waals surface area contributed by atoms with Gasteiger partial charge in [0, 0.05) is 17.3 Å². The molecule has 0 bridgehead atoms. The predicted octanol–water partition coefficient (Wildman–Crippen LogP) is 3.84. The lowest BCUT2D eigenvalue weighted by atomic mass is 10.3. The van der Waals surface area contributed by atoms with Gasteiger partial charge in [-0.05, 0) is 30.5 Å². The summed E-state index contributed by atoms with van der Waals surface area (Å²) >= 11 is 2.87. The summed E-state index contributed by atoms with van der Waals surface area (Å²) in [7, 11) is 1.58. The van der Waals surface area contributed by atoms with Gasteiger partial charge >= 0.3 is 0 Å². The average molecular weight is 387 g/mol. The Morgan fingerprint density at radius 2 is 2.08 bits per heavy atom. The van der Waals surface area contributed by atoms with Crippen molar-refractivity contribution in [3.8, 4) is 10.8 Å². The van der Waals surface area contributed by atoms with Crippen molar-refractivity contribution in [2.75, 3.05) is 25.2 Å². The quantitative estimate of drug-likeness (QED) is 0.651. The Morgan fingerprint density at radius 1 is 1.27 bits per heavy atom. The number of thioether (sulfide) groups is 1. The lowest BCUT2D eigenvalue weighted by Gasteiger charge is -2.16. The molecule has 26 heavy (non-hydrogen) atoms. The highest BCUT2D eigenvalue weighted by Gasteiger charge is 2.19. The number of hydrogen-bond donors (Lipinski definition) is 1. The summed E-state index contributed by atoms with van der Waals surface area (Å²) in [6.07, 6.45) is 3.50. The number of furan rings is 1. The number of rotatable bonds is 6. The molecule has 3 rings (SSSR count). The van der Waals surface area contributed by atoms with Crippen molar-refractivity contribution in [1.29, 1.82) is 0 Å². The molecule has 0 unspecified atom stereocenters. The van der Waals surface area contributed by atoms with Crippen LogP contribution >= 0.6 is 23.1 Å². The Labute approximate surface area is 159 Å². The number of carbonyl (C=O) groups is 2. The molecule has 3 aromatic rings. The summed E-state index contributed by atoms with van der Waals surface area (Å²) in [5.41, 5.74) is 1.03. The van der Waals surface area contributed by atoms with Gasteiger partial charge in [-0.3, -0.25) is 9.59 Å². The fourth-order valence-corrected chi connectivity index (χ4v) is 3.62. The minimum Gasteiger partial charge on any atom is -0.462 e. The lowest BCUT2D eigenvalue weighted by Crippen LogP contribution is -2.35. The van der Waals surface area contributed by atoms with E-state index in [0.717, 1.165) is 10.6 Å². The summed E-state index contributed by atoms with van der Waals surface area (Å²) in [5, 5.41) is 5.13. The molecule has 1 aromatic carbocycles. The number of amides is 2. The van der Waals surface area contributed by atoms with Gasteiger partial charge < -0.3 is 14.6 Å². The highest BCUT2D eigenvalue weighted by Crippen LogP contribution is 2.25. The Kier molecular flexibility index (Phi) is 5.75. The van der Waals surface area contributed by atoms with E-state index in [1.54, 1.807) is 42.6 Å². The predicted molar refractivity (Wildman–Crippen MR) is 104 cm³/mol. The van der Waals surface area contributed by atoms with Crippen molar-refractivity contribution in [2.24, 2.45) is 0 Å². The van der Waals surface area contributed by atoms with Crippen LogP contribution in [0.5, 0.6) is 0 Å². The van der Waals surface area contributed by atoms with Crippen molar-refractivity contribution < 1.29 is 14.0 Å². The van der Waals surface area contributed by atoms with Crippen molar-refractivity contribution in [1.82, 2.24) is 9.88 Å². The molecule has 0 fully saturated rings. The third kappa shape index (κ3) is 4.14. The minimum absolute atomic E-state index is 0.0604. The molecular formula is C18H17N3O3S2. The largest absolute Gasteiger partial charge is 0.462 e. The van der Waals surface area contributed by atoms with E-state index in [9.17, 15) is 9.59 Å². The molecule has 0 saturated carbocycles. The van der Waals surface area contributed by atoms with Crippen LogP contribution in [0.15, 0.2) is 57.4 Å². The molecule has 2 heterocycles. The average Bonchev–Trinajstić information content (AvgIpc) is 3.32. The fourth-order valence-electron chi connectivity index (χ4n) is 2.31. The van der Waals surface area contributed by atoms with Gasteiger partial charge in [0.1, 0.15) is 5.69 Å². The Hall–Kier alpha value is -2.58. The molecule has 8 heteroatoms. The van der Waals surface area contributed by atoms with Gasteiger partial charge in [-0.1, -0.05) is 12.1 Å². The smallest absolute Gasteiger partial charge is 0.273 e. The van der Waals surface area contributed by atoms with Crippen LogP contribution in [0.3, 0.4) is 0 Å². The van der Waals surface area contributed by atoms with E-state index in [2.05, 4.69) is 10.3 Å². The van der Waals surface area contributed by atoms with Gasteiger partial charge in [0.25, 0.3) is 5.91 Å². The summed E-state index contributed by atoms with van der Waals surface area (Å²) < 4.78 is 5.28. The molecule has 0 aliphatic rings. The van der Waals surface area contributed by atoms with Crippen molar-refractivity contribution >= 4 is 40.6 Å². The van der Waals surface area contributed by atoms with Crippen LogP contribution < -0.4 is 5.32 Å². The van der Waals surface area contributed by atoms with Crippen LogP contribution in [0.4, 0.5) is 5.69 Å². The molecule has 1 N–H and O–H groups in total. The highest BCUT2D eigenvalue weighted by atomic mass is 32.2. The first-order valence-electron chi connectivity index (χ1n) is 7.76. The van der Waals surface area contributed by atoms with E-state index < -0.39 is 0 Å².